The van der Waals surface area contributed by atoms with Gasteiger partial charge in [-0.3, -0.25) is 4.79 Å². The third-order valence-electron chi connectivity index (χ3n) is 4.47. The molecule has 0 aromatic heterocycles. The summed E-state index contributed by atoms with van der Waals surface area (Å²) in [5.41, 5.74) is 2.85. The quantitative estimate of drug-likeness (QED) is 0.812. The number of rotatable bonds is 3. The molecule has 2 aromatic carbocycles. The number of nitrogens with one attached hydrogen (secondary N) is 1. The van der Waals surface area contributed by atoms with Gasteiger partial charge in [0, 0.05) is 18.5 Å². The van der Waals surface area contributed by atoms with Crippen LogP contribution in [0.1, 0.15) is 34.3 Å². The van der Waals surface area contributed by atoms with Crippen LogP contribution in [0, 0.1) is 0 Å². The Kier molecular flexibility index (Phi) is 4.90. The Morgan fingerprint density at radius 3 is 2.89 bits per heavy atom. The van der Waals surface area contributed by atoms with Gasteiger partial charge in [-0.15, -0.1) is 0 Å². The van der Waals surface area contributed by atoms with Crippen LogP contribution in [0.4, 0.5) is 5.69 Å². The molecule has 0 aliphatic carbocycles. The van der Waals surface area contributed by atoms with E-state index in [4.69, 9.17) is 25.8 Å². The summed E-state index contributed by atoms with van der Waals surface area (Å²) in [5, 5.41) is 3.23. The van der Waals surface area contributed by atoms with Crippen molar-refractivity contribution in [3.8, 4) is 11.5 Å². The molecule has 27 heavy (non-hydrogen) atoms. The lowest BCUT2D eigenvalue weighted by Gasteiger charge is -2.17. The Morgan fingerprint density at radius 2 is 2.00 bits per heavy atom. The van der Waals surface area contributed by atoms with Crippen molar-refractivity contribution in [2.45, 2.75) is 25.9 Å². The van der Waals surface area contributed by atoms with Crippen LogP contribution < -0.4 is 14.8 Å². The van der Waals surface area contributed by atoms with Gasteiger partial charge in [0.15, 0.2) is 11.5 Å². The van der Waals surface area contributed by atoms with E-state index in [2.05, 4.69) is 5.32 Å². The van der Waals surface area contributed by atoms with Crippen LogP contribution in [0.2, 0.25) is 5.02 Å². The van der Waals surface area contributed by atoms with E-state index in [1.807, 2.05) is 0 Å². The topological polar surface area (TPSA) is 73.9 Å². The first-order valence-electron chi connectivity index (χ1n) is 8.78. The molecule has 1 N–H and O–H groups in total. The molecule has 0 radical (unpaired) electrons. The zero-order valence-corrected chi connectivity index (χ0v) is 15.3. The van der Waals surface area contributed by atoms with Crippen molar-refractivity contribution in [1.29, 1.82) is 0 Å². The van der Waals surface area contributed by atoms with Gasteiger partial charge >= 0.3 is 5.97 Å². The molecule has 2 aliphatic heterocycles. The summed E-state index contributed by atoms with van der Waals surface area (Å²) in [6.45, 7) is 1.18. The van der Waals surface area contributed by atoms with Crippen LogP contribution in [-0.2, 0) is 22.6 Å². The summed E-state index contributed by atoms with van der Waals surface area (Å²) in [4.78, 5) is 23.8. The molecule has 0 atom stereocenters. The standard InChI is InChI=1S/C20H18ClNO5/c21-15-8-12(9-17-19(15)26-7-1-6-25-17)11-27-20(24)14-2-4-16-13(10-14)3-5-18(23)22-16/h2,4,8-10H,1,3,5-7,11H2,(H,22,23). The maximum absolute atomic E-state index is 12.4. The van der Waals surface area contributed by atoms with Gasteiger partial charge in [-0.2, -0.15) is 0 Å². The summed E-state index contributed by atoms with van der Waals surface area (Å²) in [5.74, 6) is 0.651. The molecular weight excluding hydrogens is 370 g/mol. The molecule has 0 bridgehead atoms. The van der Waals surface area contributed by atoms with Gasteiger partial charge in [-0.05, 0) is 47.9 Å². The Hall–Kier alpha value is -2.73. The van der Waals surface area contributed by atoms with Gasteiger partial charge in [0.25, 0.3) is 0 Å². The normalized spacial score (nSPS) is 15.4. The van der Waals surface area contributed by atoms with Crippen molar-refractivity contribution in [3.63, 3.8) is 0 Å². The molecular formula is C20H18ClNO5. The monoisotopic (exact) mass is 387 g/mol. The molecule has 0 saturated heterocycles. The van der Waals surface area contributed by atoms with Crippen LogP contribution in [-0.4, -0.2) is 25.1 Å². The molecule has 2 heterocycles. The van der Waals surface area contributed by atoms with E-state index in [-0.39, 0.29) is 12.5 Å². The van der Waals surface area contributed by atoms with Crippen molar-refractivity contribution >= 4 is 29.2 Å². The number of benzene rings is 2. The van der Waals surface area contributed by atoms with Crippen molar-refractivity contribution < 1.29 is 23.8 Å². The highest BCUT2D eigenvalue weighted by Crippen LogP contribution is 2.38. The van der Waals surface area contributed by atoms with E-state index in [1.54, 1.807) is 30.3 Å². The molecule has 0 fully saturated rings. The molecule has 6 nitrogen and oxygen atoms in total. The van der Waals surface area contributed by atoms with Gasteiger partial charge in [-0.25, -0.2) is 4.79 Å². The number of hydrogen-bond acceptors (Lipinski definition) is 5. The third-order valence-corrected chi connectivity index (χ3v) is 4.75. The fourth-order valence-corrected chi connectivity index (χ4v) is 3.40. The molecule has 7 heteroatoms. The Balaban J connectivity index is 1.46. The molecule has 1 amide bonds. The number of amides is 1. The van der Waals surface area contributed by atoms with Gasteiger partial charge < -0.3 is 19.5 Å². The average molecular weight is 388 g/mol. The van der Waals surface area contributed by atoms with Gasteiger partial charge in [0.1, 0.15) is 6.61 Å². The number of carbonyl (C=O) groups excluding carboxylic acids is 2. The number of esters is 1. The van der Waals surface area contributed by atoms with Crippen molar-refractivity contribution in [2.75, 3.05) is 18.5 Å². The number of fused-ring (bicyclic) bond motifs is 2. The number of hydrogen-bond donors (Lipinski definition) is 1. The zero-order chi connectivity index (χ0) is 18.8. The van der Waals surface area contributed by atoms with E-state index in [9.17, 15) is 9.59 Å². The van der Waals surface area contributed by atoms with E-state index in [1.165, 1.54) is 0 Å². The minimum absolute atomic E-state index is 0.0101. The molecule has 4 rings (SSSR count). The lowest BCUT2D eigenvalue weighted by molar-refractivity contribution is -0.116. The highest BCUT2D eigenvalue weighted by molar-refractivity contribution is 6.32. The van der Waals surface area contributed by atoms with Crippen LogP contribution in [0.5, 0.6) is 11.5 Å². The van der Waals surface area contributed by atoms with Gasteiger partial charge in [0.05, 0.1) is 23.8 Å². The second-order valence-electron chi connectivity index (χ2n) is 6.45. The minimum atomic E-state index is -0.432. The molecule has 0 unspecified atom stereocenters. The Bertz CT molecular complexity index is 911. The number of aryl methyl sites for hydroxylation is 1. The van der Waals surface area contributed by atoms with Crippen molar-refractivity contribution in [2.24, 2.45) is 0 Å². The maximum atomic E-state index is 12.4. The van der Waals surface area contributed by atoms with Gasteiger partial charge in [-0.1, -0.05) is 11.6 Å². The van der Waals surface area contributed by atoms with E-state index < -0.39 is 5.97 Å². The molecule has 0 spiro atoms. The lowest BCUT2D eigenvalue weighted by atomic mass is 10.0. The fourth-order valence-electron chi connectivity index (χ4n) is 3.11. The first-order valence-corrected chi connectivity index (χ1v) is 9.16. The Morgan fingerprint density at radius 1 is 1.15 bits per heavy atom. The Labute approximate surface area is 161 Å². The smallest absolute Gasteiger partial charge is 0.338 e. The number of ether oxygens (including phenoxy) is 3. The first kappa shape index (κ1) is 17.7. The summed E-state index contributed by atoms with van der Waals surface area (Å²) >= 11 is 6.26. The summed E-state index contributed by atoms with van der Waals surface area (Å²) in [6, 6.07) is 8.63. The van der Waals surface area contributed by atoms with Crippen molar-refractivity contribution in [3.05, 3.63) is 52.0 Å². The predicted molar refractivity (Wildman–Crippen MR) is 99.6 cm³/mol. The highest BCUT2D eigenvalue weighted by Gasteiger charge is 2.19. The summed E-state index contributed by atoms with van der Waals surface area (Å²) in [7, 11) is 0. The number of anilines is 1. The van der Waals surface area contributed by atoms with Crippen molar-refractivity contribution in [1.82, 2.24) is 0 Å². The summed E-state index contributed by atoms with van der Waals surface area (Å²) in [6.07, 6.45) is 1.81. The zero-order valence-electron chi connectivity index (χ0n) is 14.5. The maximum Gasteiger partial charge on any atom is 0.338 e. The van der Waals surface area contributed by atoms with Gasteiger partial charge in [0.2, 0.25) is 5.91 Å². The largest absolute Gasteiger partial charge is 0.489 e. The second kappa shape index (κ2) is 7.48. The molecule has 2 aromatic rings. The highest BCUT2D eigenvalue weighted by atomic mass is 35.5. The predicted octanol–water partition coefficient (Wildman–Crippen LogP) is 3.74. The number of halogens is 1. The molecule has 2 aliphatic rings. The minimum Gasteiger partial charge on any atom is -0.489 e. The molecule has 0 saturated carbocycles. The molecule has 140 valence electrons. The van der Waals surface area contributed by atoms with Crippen LogP contribution in [0.3, 0.4) is 0 Å². The third kappa shape index (κ3) is 3.85. The number of carbonyl (C=O) groups is 2. The van der Waals surface area contributed by atoms with E-state index in [0.717, 1.165) is 23.2 Å². The van der Waals surface area contributed by atoms with Crippen LogP contribution in [0.15, 0.2) is 30.3 Å². The summed E-state index contributed by atoms with van der Waals surface area (Å²) < 4.78 is 16.7. The van der Waals surface area contributed by atoms with E-state index >= 15 is 0 Å². The second-order valence-corrected chi connectivity index (χ2v) is 6.86. The fraction of sp³-hybridized carbons (Fsp3) is 0.300. The van der Waals surface area contributed by atoms with E-state index in [0.29, 0.717) is 48.1 Å². The van der Waals surface area contributed by atoms with Crippen LogP contribution >= 0.6 is 11.6 Å². The first-order chi connectivity index (χ1) is 13.1. The average Bonchev–Trinajstić information content (AvgIpc) is 2.91. The van der Waals surface area contributed by atoms with Crippen LogP contribution in [0.25, 0.3) is 0 Å². The lowest BCUT2D eigenvalue weighted by Crippen LogP contribution is -2.19. The SMILES string of the molecule is O=C1CCc2cc(C(=O)OCc3cc(Cl)c4c(c3)OCCCO4)ccc2N1.